The van der Waals surface area contributed by atoms with Gasteiger partial charge < -0.3 is 19.7 Å². The normalized spacial score (nSPS) is 14.4. The van der Waals surface area contributed by atoms with E-state index in [1.54, 1.807) is 18.2 Å². The van der Waals surface area contributed by atoms with E-state index in [2.05, 4.69) is 5.32 Å². The fraction of sp³-hybridized carbons (Fsp3) is 0.333. The Labute approximate surface area is 167 Å². The van der Waals surface area contributed by atoms with Crippen molar-refractivity contribution in [2.45, 2.75) is 18.9 Å². The number of nitrogens with one attached hydrogen (secondary N) is 1. The smallest absolute Gasteiger partial charge is 0.256 e. The van der Waals surface area contributed by atoms with E-state index in [4.69, 9.17) is 9.47 Å². The third kappa shape index (κ3) is 4.64. The number of methoxy groups -OCH3 is 2. The van der Waals surface area contributed by atoms with Gasteiger partial charge in [-0.2, -0.15) is 0 Å². The van der Waals surface area contributed by atoms with Crippen LogP contribution in [-0.4, -0.2) is 50.1 Å². The molecule has 0 saturated carbocycles. The van der Waals surface area contributed by atoms with Gasteiger partial charge in [0.15, 0.2) is 11.5 Å². The number of hydrogen-bond acceptors (Lipinski definition) is 4. The van der Waals surface area contributed by atoms with Crippen molar-refractivity contribution in [3.05, 3.63) is 59.2 Å². The Hall–Kier alpha value is -3.16. The van der Waals surface area contributed by atoms with Crippen LogP contribution in [0.25, 0.3) is 0 Å². The predicted molar refractivity (Wildman–Crippen MR) is 102 cm³/mol. The van der Waals surface area contributed by atoms with Gasteiger partial charge in [-0.3, -0.25) is 9.59 Å². The van der Waals surface area contributed by atoms with Gasteiger partial charge >= 0.3 is 0 Å². The number of rotatable bonds is 5. The minimum absolute atomic E-state index is 0.113. The van der Waals surface area contributed by atoms with Gasteiger partial charge in [0.2, 0.25) is 0 Å². The highest BCUT2D eigenvalue weighted by Gasteiger charge is 2.26. The number of halogens is 2. The van der Waals surface area contributed by atoms with Gasteiger partial charge in [-0.15, -0.1) is 0 Å². The molecule has 1 aliphatic rings. The summed E-state index contributed by atoms with van der Waals surface area (Å²) in [6, 6.07) is 7.70. The predicted octanol–water partition coefficient (Wildman–Crippen LogP) is 3.02. The Morgan fingerprint density at radius 1 is 1.00 bits per heavy atom. The summed E-state index contributed by atoms with van der Waals surface area (Å²) in [5.41, 5.74) is 0.286. The average molecular weight is 404 g/mol. The Morgan fingerprint density at radius 3 is 2.31 bits per heavy atom. The van der Waals surface area contributed by atoms with Crippen LogP contribution in [0.4, 0.5) is 8.78 Å². The maximum absolute atomic E-state index is 13.8. The highest BCUT2D eigenvalue weighted by molar-refractivity contribution is 5.95. The van der Waals surface area contributed by atoms with Crippen LogP contribution < -0.4 is 14.8 Å². The van der Waals surface area contributed by atoms with Crippen molar-refractivity contribution in [2.24, 2.45) is 0 Å². The molecule has 1 N–H and O–H groups in total. The maximum Gasteiger partial charge on any atom is 0.256 e. The Balaban J connectivity index is 1.58. The van der Waals surface area contributed by atoms with Gasteiger partial charge in [0.05, 0.1) is 19.8 Å². The minimum atomic E-state index is -0.876. The quantitative estimate of drug-likeness (QED) is 0.832. The van der Waals surface area contributed by atoms with Crippen molar-refractivity contribution in [1.29, 1.82) is 0 Å². The lowest BCUT2D eigenvalue weighted by molar-refractivity contribution is 0.0693. The number of ether oxygens (including phenoxy) is 2. The zero-order chi connectivity index (χ0) is 21.0. The van der Waals surface area contributed by atoms with Crippen LogP contribution in [0.1, 0.15) is 33.6 Å². The molecule has 1 aliphatic heterocycles. The summed E-state index contributed by atoms with van der Waals surface area (Å²) in [4.78, 5) is 26.5. The van der Waals surface area contributed by atoms with Gasteiger partial charge in [0.25, 0.3) is 11.8 Å². The first-order valence-corrected chi connectivity index (χ1v) is 9.20. The second kappa shape index (κ2) is 8.89. The molecule has 154 valence electrons. The van der Waals surface area contributed by atoms with Crippen molar-refractivity contribution in [1.82, 2.24) is 10.2 Å². The summed E-state index contributed by atoms with van der Waals surface area (Å²) >= 11 is 0. The lowest BCUT2D eigenvalue weighted by Crippen LogP contribution is -2.46. The van der Waals surface area contributed by atoms with Crippen molar-refractivity contribution in [3.63, 3.8) is 0 Å². The van der Waals surface area contributed by atoms with Crippen molar-refractivity contribution in [3.8, 4) is 11.5 Å². The molecule has 0 spiro atoms. The molecule has 29 heavy (non-hydrogen) atoms. The number of nitrogens with zero attached hydrogens (tertiary/aromatic N) is 1. The van der Waals surface area contributed by atoms with Gasteiger partial charge in [0.1, 0.15) is 11.6 Å². The van der Waals surface area contributed by atoms with E-state index in [9.17, 15) is 18.4 Å². The highest BCUT2D eigenvalue weighted by atomic mass is 19.1. The zero-order valence-electron chi connectivity index (χ0n) is 16.2. The van der Waals surface area contributed by atoms with E-state index < -0.39 is 17.5 Å². The van der Waals surface area contributed by atoms with Gasteiger partial charge in [0, 0.05) is 30.8 Å². The fourth-order valence-electron chi connectivity index (χ4n) is 3.31. The fourth-order valence-corrected chi connectivity index (χ4v) is 3.31. The first-order chi connectivity index (χ1) is 13.9. The average Bonchev–Trinajstić information content (AvgIpc) is 2.73. The summed E-state index contributed by atoms with van der Waals surface area (Å²) in [5, 5.41) is 2.95. The molecule has 2 aromatic carbocycles. The Morgan fingerprint density at radius 2 is 1.69 bits per heavy atom. The van der Waals surface area contributed by atoms with Crippen LogP contribution in [0.15, 0.2) is 36.4 Å². The molecule has 0 atom stereocenters. The molecule has 0 radical (unpaired) electrons. The summed E-state index contributed by atoms with van der Waals surface area (Å²) in [7, 11) is 3.01. The molecule has 1 heterocycles. The van der Waals surface area contributed by atoms with Gasteiger partial charge in [-0.25, -0.2) is 8.78 Å². The van der Waals surface area contributed by atoms with Gasteiger partial charge in [-0.05, 0) is 43.2 Å². The Kier molecular flexibility index (Phi) is 6.31. The van der Waals surface area contributed by atoms with E-state index in [0.717, 1.165) is 12.1 Å². The first-order valence-electron chi connectivity index (χ1n) is 9.20. The topological polar surface area (TPSA) is 67.9 Å². The molecule has 2 aromatic rings. The van der Waals surface area contributed by atoms with E-state index in [0.29, 0.717) is 49.1 Å². The number of benzene rings is 2. The summed E-state index contributed by atoms with van der Waals surface area (Å²) < 4.78 is 37.3. The van der Waals surface area contributed by atoms with E-state index in [1.807, 2.05) is 0 Å². The van der Waals surface area contributed by atoms with Crippen molar-refractivity contribution < 1.29 is 27.8 Å². The zero-order valence-corrected chi connectivity index (χ0v) is 16.2. The van der Waals surface area contributed by atoms with Crippen LogP contribution in [0.3, 0.4) is 0 Å². The van der Waals surface area contributed by atoms with Crippen LogP contribution in [0.5, 0.6) is 11.5 Å². The molecule has 0 bridgehead atoms. The monoisotopic (exact) mass is 404 g/mol. The van der Waals surface area contributed by atoms with Gasteiger partial charge in [-0.1, -0.05) is 0 Å². The third-order valence-electron chi connectivity index (χ3n) is 4.92. The van der Waals surface area contributed by atoms with Crippen LogP contribution in [0.2, 0.25) is 0 Å². The molecule has 0 aliphatic carbocycles. The van der Waals surface area contributed by atoms with E-state index in [-0.39, 0.29) is 17.5 Å². The van der Waals surface area contributed by atoms with E-state index in [1.165, 1.54) is 19.1 Å². The standard InChI is InChI=1S/C21H22F2N2O4/c1-28-18-6-3-13(11-19(18)29-2)20(26)24-15-7-9-25(10-8-15)21(27)16-5-4-14(22)12-17(16)23/h3-6,11-12,15H,7-10H2,1-2H3,(H,24,26). The molecule has 6 nitrogen and oxygen atoms in total. The van der Waals surface area contributed by atoms with Crippen molar-refractivity contribution in [2.75, 3.05) is 27.3 Å². The molecule has 2 amide bonds. The van der Waals surface area contributed by atoms with E-state index >= 15 is 0 Å². The summed E-state index contributed by atoms with van der Waals surface area (Å²) in [5.74, 6) is -1.34. The number of carbonyl (C=O) groups is 2. The largest absolute Gasteiger partial charge is 0.493 e. The lowest BCUT2D eigenvalue weighted by atomic mass is 10.0. The second-order valence-corrected chi connectivity index (χ2v) is 6.73. The molecule has 1 fully saturated rings. The summed E-state index contributed by atoms with van der Waals surface area (Å²) in [6.07, 6.45) is 1.07. The van der Waals surface area contributed by atoms with Crippen LogP contribution in [0, 0.1) is 11.6 Å². The molecular weight excluding hydrogens is 382 g/mol. The maximum atomic E-state index is 13.8. The second-order valence-electron chi connectivity index (χ2n) is 6.73. The molecular formula is C21H22F2N2O4. The number of likely N-dealkylation sites (tertiary alicyclic amines) is 1. The number of hydrogen-bond donors (Lipinski definition) is 1. The van der Waals surface area contributed by atoms with Crippen LogP contribution in [-0.2, 0) is 0 Å². The van der Waals surface area contributed by atoms with Crippen LogP contribution >= 0.6 is 0 Å². The number of carbonyl (C=O) groups excluding carboxylic acids is 2. The lowest BCUT2D eigenvalue weighted by Gasteiger charge is -2.32. The molecule has 3 rings (SSSR count). The highest BCUT2D eigenvalue weighted by Crippen LogP contribution is 2.27. The third-order valence-corrected chi connectivity index (χ3v) is 4.92. The minimum Gasteiger partial charge on any atom is -0.493 e. The molecule has 0 aromatic heterocycles. The number of piperidine rings is 1. The SMILES string of the molecule is COc1ccc(C(=O)NC2CCN(C(=O)c3ccc(F)cc3F)CC2)cc1OC. The van der Waals surface area contributed by atoms with Crippen molar-refractivity contribution >= 4 is 11.8 Å². The molecule has 1 saturated heterocycles. The number of amides is 2. The molecule has 0 unspecified atom stereocenters. The Bertz CT molecular complexity index is 912. The first kappa shape index (κ1) is 20.6. The summed E-state index contributed by atoms with van der Waals surface area (Å²) in [6.45, 7) is 0.735. The molecule has 8 heteroatoms.